The summed E-state index contributed by atoms with van der Waals surface area (Å²) in [5.41, 5.74) is -0.303. The first-order valence-corrected chi connectivity index (χ1v) is 10.5. The third-order valence-corrected chi connectivity index (χ3v) is 5.31. The molecule has 36 heavy (non-hydrogen) atoms. The van der Waals surface area contributed by atoms with Gasteiger partial charge < -0.3 is 15.4 Å². The Morgan fingerprint density at radius 3 is 2.31 bits per heavy atom. The lowest BCUT2D eigenvalue weighted by molar-refractivity contribution is -0.137. The van der Waals surface area contributed by atoms with Crippen molar-refractivity contribution in [1.82, 2.24) is 9.97 Å². The number of ether oxygens (including phenoxy) is 1. The zero-order valence-electron chi connectivity index (χ0n) is 18.3. The number of carbonyl (C=O) groups excluding carboxylic acids is 2. The van der Waals surface area contributed by atoms with Crippen molar-refractivity contribution in [3.05, 3.63) is 88.3 Å². The molecule has 0 saturated heterocycles. The van der Waals surface area contributed by atoms with Crippen molar-refractivity contribution in [2.75, 3.05) is 17.7 Å². The first-order valence-electron chi connectivity index (χ1n) is 10.1. The molecule has 0 unspecified atom stereocenters. The number of carbonyl (C=O) groups is 2. The smallest absolute Gasteiger partial charge is 0.417 e. The number of hydrogen-bond donors (Lipinski definition) is 2. The number of rotatable bonds is 5. The normalized spacial score (nSPS) is 11.3. The summed E-state index contributed by atoms with van der Waals surface area (Å²) in [6.45, 7) is 0. The van der Waals surface area contributed by atoms with E-state index in [1.54, 1.807) is 6.07 Å². The molecule has 4 aromatic rings. The van der Waals surface area contributed by atoms with Crippen molar-refractivity contribution in [2.24, 2.45) is 0 Å². The second-order valence-electron chi connectivity index (χ2n) is 7.41. The van der Waals surface area contributed by atoms with Gasteiger partial charge in [-0.2, -0.15) is 13.2 Å². The van der Waals surface area contributed by atoms with Crippen LogP contribution in [0.25, 0.3) is 11.0 Å². The van der Waals surface area contributed by atoms with Gasteiger partial charge in [0.25, 0.3) is 0 Å². The Labute approximate surface area is 206 Å². The lowest BCUT2D eigenvalue weighted by Gasteiger charge is -2.12. The van der Waals surface area contributed by atoms with E-state index in [9.17, 15) is 27.2 Å². The molecular weight excluding hydrogens is 504 g/mol. The zero-order valence-corrected chi connectivity index (χ0v) is 19.0. The van der Waals surface area contributed by atoms with E-state index in [2.05, 4.69) is 20.6 Å². The van der Waals surface area contributed by atoms with E-state index in [1.807, 2.05) is 0 Å². The molecule has 0 radical (unpaired) electrons. The van der Waals surface area contributed by atoms with E-state index in [0.717, 1.165) is 30.3 Å². The molecule has 0 aliphatic carbocycles. The Balaban J connectivity index is 1.53. The molecule has 0 atom stereocenters. The summed E-state index contributed by atoms with van der Waals surface area (Å²) in [6.07, 6.45) is -3.22. The van der Waals surface area contributed by atoms with Crippen molar-refractivity contribution in [3.8, 4) is 5.88 Å². The molecule has 4 rings (SSSR count). The summed E-state index contributed by atoms with van der Waals surface area (Å²) in [7, 11) is 1.42. The fourth-order valence-corrected chi connectivity index (χ4v) is 3.57. The number of methoxy groups -OCH3 is 1. The Kier molecular flexibility index (Phi) is 6.75. The van der Waals surface area contributed by atoms with Gasteiger partial charge in [-0.05, 0) is 54.6 Å². The van der Waals surface area contributed by atoms with E-state index >= 15 is 0 Å². The summed E-state index contributed by atoms with van der Waals surface area (Å²) in [4.78, 5) is 33.7. The zero-order chi connectivity index (χ0) is 26.0. The van der Waals surface area contributed by atoms with Crippen molar-refractivity contribution >= 4 is 45.8 Å². The van der Waals surface area contributed by atoms with E-state index in [4.69, 9.17) is 16.3 Å². The van der Waals surface area contributed by atoms with Crippen LogP contribution >= 0.6 is 11.6 Å². The van der Waals surface area contributed by atoms with Crippen molar-refractivity contribution < 1.29 is 31.9 Å². The number of fused-ring (bicyclic) bond motifs is 1. The van der Waals surface area contributed by atoms with Crippen LogP contribution in [-0.4, -0.2) is 28.9 Å². The SMILES string of the molecule is COc1cnc2ccc(C(=O)c3cc(NC(=O)Nc4ccc(C(F)(F)F)c(Cl)c4)ccc3F)cc2n1. The van der Waals surface area contributed by atoms with Crippen LogP contribution in [-0.2, 0) is 6.18 Å². The van der Waals surface area contributed by atoms with Gasteiger partial charge in [-0.1, -0.05) is 11.6 Å². The number of urea groups is 1. The standard InChI is InChI=1S/C24H15ClF4N4O3/c1-36-21-11-30-19-7-2-12(8-20(19)33-21)22(34)15-9-13(4-6-18(15)26)31-23(35)32-14-3-5-16(17(25)10-14)24(27,28)29/h2-11H,1H3,(H2,31,32,35). The van der Waals surface area contributed by atoms with Crippen LogP contribution in [0, 0.1) is 5.82 Å². The molecule has 0 spiro atoms. The molecule has 2 N–H and O–H groups in total. The molecule has 184 valence electrons. The summed E-state index contributed by atoms with van der Waals surface area (Å²) >= 11 is 5.66. The maximum atomic E-state index is 14.5. The molecule has 7 nitrogen and oxygen atoms in total. The van der Waals surface area contributed by atoms with Crippen LogP contribution < -0.4 is 15.4 Å². The molecular formula is C24H15ClF4N4O3. The highest BCUT2D eigenvalue weighted by Crippen LogP contribution is 2.35. The molecule has 1 heterocycles. The lowest BCUT2D eigenvalue weighted by Crippen LogP contribution is -2.20. The van der Waals surface area contributed by atoms with E-state index in [0.29, 0.717) is 11.0 Å². The number of anilines is 2. The predicted molar refractivity (Wildman–Crippen MR) is 125 cm³/mol. The van der Waals surface area contributed by atoms with Gasteiger partial charge >= 0.3 is 12.2 Å². The third kappa shape index (κ3) is 5.36. The minimum atomic E-state index is -4.64. The predicted octanol–water partition coefficient (Wildman–Crippen LogP) is 6.32. The molecule has 12 heteroatoms. The minimum Gasteiger partial charge on any atom is -0.480 e. The van der Waals surface area contributed by atoms with Gasteiger partial charge in [0.05, 0.1) is 40.5 Å². The molecule has 2 amide bonds. The maximum Gasteiger partial charge on any atom is 0.417 e. The first-order chi connectivity index (χ1) is 17.0. The molecule has 1 aromatic heterocycles. The molecule has 0 fully saturated rings. The van der Waals surface area contributed by atoms with Gasteiger partial charge in [0.1, 0.15) is 5.82 Å². The van der Waals surface area contributed by atoms with Crippen LogP contribution in [0.4, 0.5) is 33.7 Å². The van der Waals surface area contributed by atoms with Crippen molar-refractivity contribution in [1.29, 1.82) is 0 Å². The maximum absolute atomic E-state index is 14.5. The quantitative estimate of drug-likeness (QED) is 0.238. The lowest BCUT2D eigenvalue weighted by atomic mass is 10.0. The topological polar surface area (TPSA) is 93.2 Å². The number of aromatic nitrogens is 2. The largest absolute Gasteiger partial charge is 0.480 e. The number of halogens is 5. The number of alkyl halides is 3. The highest BCUT2D eigenvalue weighted by molar-refractivity contribution is 6.31. The first kappa shape index (κ1) is 24.9. The van der Waals surface area contributed by atoms with Crippen LogP contribution in [0.2, 0.25) is 5.02 Å². The second kappa shape index (κ2) is 9.78. The van der Waals surface area contributed by atoms with Gasteiger partial charge in [0.2, 0.25) is 5.88 Å². The minimum absolute atomic E-state index is 0.00314. The summed E-state index contributed by atoms with van der Waals surface area (Å²) in [5.74, 6) is -1.25. The van der Waals surface area contributed by atoms with Gasteiger partial charge in [0, 0.05) is 16.9 Å². The van der Waals surface area contributed by atoms with Crippen LogP contribution in [0.3, 0.4) is 0 Å². The van der Waals surface area contributed by atoms with E-state index < -0.39 is 34.4 Å². The van der Waals surface area contributed by atoms with Crippen molar-refractivity contribution in [2.45, 2.75) is 6.18 Å². The average Bonchev–Trinajstić information content (AvgIpc) is 2.83. The number of benzene rings is 3. The number of nitrogens with zero attached hydrogens (tertiary/aromatic N) is 2. The Morgan fingerprint density at radius 2 is 1.64 bits per heavy atom. The van der Waals surface area contributed by atoms with Crippen LogP contribution in [0.15, 0.2) is 60.8 Å². The Bertz CT molecular complexity index is 1490. The molecule has 0 saturated carbocycles. The highest BCUT2D eigenvalue weighted by atomic mass is 35.5. The monoisotopic (exact) mass is 518 g/mol. The number of nitrogens with one attached hydrogen (secondary N) is 2. The van der Waals surface area contributed by atoms with Crippen LogP contribution in [0.1, 0.15) is 21.5 Å². The fourth-order valence-electron chi connectivity index (χ4n) is 3.28. The van der Waals surface area contributed by atoms with Gasteiger partial charge in [0.15, 0.2) is 5.78 Å². The Hall–Kier alpha value is -4.25. The van der Waals surface area contributed by atoms with Gasteiger partial charge in [-0.15, -0.1) is 0 Å². The summed E-state index contributed by atoms with van der Waals surface area (Å²) in [5, 5.41) is 4.14. The number of amides is 2. The van der Waals surface area contributed by atoms with E-state index in [1.165, 1.54) is 31.5 Å². The third-order valence-electron chi connectivity index (χ3n) is 4.99. The average molecular weight is 519 g/mol. The van der Waals surface area contributed by atoms with Gasteiger partial charge in [-0.3, -0.25) is 4.79 Å². The molecule has 0 aliphatic heterocycles. The Morgan fingerprint density at radius 1 is 0.944 bits per heavy atom. The molecule has 3 aromatic carbocycles. The second-order valence-corrected chi connectivity index (χ2v) is 7.82. The molecule has 0 aliphatic rings. The summed E-state index contributed by atoms with van der Waals surface area (Å²) in [6, 6.07) is 9.69. The van der Waals surface area contributed by atoms with Gasteiger partial charge in [-0.25, -0.2) is 19.2 Å². The van der Waals surface area contributed by atoms with Crippen molar-refractivity contribution in [3.63, 3.8) is 0 Å². The number of hydrogen-bond acceptors (Lipinski definition) is 5. The number of ketones is 1. The highest BCUT2D eigenvalue weighted by Gasteiger charge is 2.33. The van der Waals surface area contributed by atoms with Crippen LogP contribution in [0.5, 0.6) is 5.88 Å². The summed E-state index contributed by atoms with van der Waals surface area (Å²) < 4.78 is 58.1. The molecule has 0 bridgehead atoms. The fraction of sp³-hybridized carbons (Fsp3) is 0.0833. The van der Waals surface area contributed by atoms with E-state index in [-0.39, 0.29) is 28.4 Å².